The number of aromatic nitrogens is 1. The molecule has 178 valence electrons. The second-order valence-corrected chi connectivity index (χ2v) is 11.1. The van der Waals surface area contributed by atoms with Gasteiger partial charge in [0, 0.05) is 36.4 Å². The summed E-state index contributed by atoms with van der Waals surface area (Å²) >= 11 is 6.15. The second kappa shape index (κ2) is 10.7. The number of nitrogens with zero attached hydrogens (tertiary/aromatic N) is 3. The molecule has 1 aliphatic rings. The van der Waals surface area contributed by atoms with E-state index in [1.165, 1.54) is 10.4 Å². The van der Waals surface area contributed by atoms with Gasteiger partial charge >= 0.3 is 0 Å². The van der Waals surface area contributed by atoms with Crippen LogP contribution in [0.1, 0.15) is 35.7 Å². The summed E-state index contributed by atoms with van der Waals surface area (Å²) in [5.41, 5.74) is 1.31. The first-order chi connectivity index (χ1) is 16.3. The van der Waals surface area contributed by atoms with Gasteiger partial charge in [-0.25, -0.2) is 13.4 Å². The van der Waals surface area contributed by atoms with Crippen molar-refractivity contribution in [2.45, 2.75) is 31.2 Å². The van der Waals surface area contributed by atoms with Crippen molar-refractivity contribution in [3.63, 3.8) is 0 Å². The fourth-order valence-electron chi connectivity index (χ4n) is 4.22. The van der Waals surface area contributed by atoms with Crippen LogP contribution in [-0.4, -0.2) is 43.1 Å². The van der Waals surface area contributed by atoms with Gasteiger partial charge in [0.25, 0.3) is 0 Å². The fraction of sp³-hybridized carbons (Fsp3) is 0.308. The van der Waals surface area contributed by atoms with E-state index in [1.807, 2.05) is 41.3 Å². The minimum Gasteiger partial charge on any atom is -0.345 e. The number of benzene rings is 2. The first-order valence-corrected chi connectivity index (χ1v) is 13.2. The Labute approximate surface area is 206 Å². The second-order valence-electron chi connectivity index (χ2n) is 8.74. The van der Waals surface area contributed by atoms with Gasteiger partial charge in [-0.2, -0.15) is 4.31 Å². The number of hydrogen-bond acceptors (Lipinski definition) is 5. The number of halogens is 1. The molecule has 4 rings (SSSR count). The normalized spacial score (nSPS) is 16.8. The number of rotatable bonds is 8. The third-order valence-corrected chi connectivity index (χ3v) is 8.08. The molecule has 1 saturated heterocycles. The predicted molar refractivity (Wildman–Crippen MR) is 135 cm³/mol. The van der Waals surface area contributed by atoms with Gasteiger partial charge in [0.1, 0.15) is 5.82 Å². The molecule has 2 heterocycles. The molecule has 8 heteroatoms. The lowest BCUT2D eigenvalue weighted by Crippen LogP contribution is -2.39. The monoisotopic (exact) mass is 497 g/mol. The molecule has 0 saturated carbocycles. The van der Waals surface area contributed by atoms with E-state index in [2.05, 4.69) is 11.9 Å². The Morgan fingerprint density at radius 2 is 1.94 bits per heavy atom. The van der Waals surface area contributed by atoms with Crippen LogP contribution in [0.25, 0.3) is 0 Å². The topological polar surface area (TPSA) is 70.6 Å². The average Bonchev–Trinajstić information content (AvgIpc) is 2.84. The van der Waals surface area contributed by atoms with Gasteiger partial charge in [0.05, 0.1) is 11.4 Å². The lowest BCUT2D eigenvalue weighted by atomic mass is 10.0. The lowest BCUT2D eigenvalue weighted by molar-refractivity contribution is 0.0998. The Morgan fingerprint density at radius 1 is 1.12 bits per heavy atom. The van der Waals surface area contributed by atoms with Crippen molar-refractivity contribution < 1.29 is 13.2 Å². The van der Waals surface area contributed by atoms with Crippen LogP contribution in [0.3, 0.4) is 0 Å². The van der Waals surface area contributed by atoms with Crippen LogP contribution >= 0.6 is 11.6 Å². The number of carbonyl (C=O) groups is 1. The van der Waals surface area contributed by atoms with Crippen molar-refractivity contribution in [2.75, 3.05) is 24.5 Å². The summed E-state index contributed by atoms with van der Waals surface area (Å²) < 4.78 is 27.9. The van der Waals surface area contributed by atoms with Gasteiger partial charge in [0.2, 0.25) is 10.0 Å². The third-order valence-electron chi connectivity index (χ3n) is 5.98. The van der Waals surface area contributed by atoms with Crippen molar-refractivity contribution in [1.29, 1.82) is 0 Å². The molecule has 1 aromatic heterocycles. The van der Waals surface area contributed by atoms with E-state index in [1.54, 1.807) is 30.5 Å². The minimum absolute atomic E-state index is 0.0494. The Bertz CT molecular complexity index is 1250. The molecule has 1 fully saturated rings. The van der Waals surface area contributed by atoms with E-state index < -0.39 is 10.0 Å². The van der Waals surface area contributed by atoms with E-state index >= 15 is 0 Å². The fourth-order valence-corrected chi connectivity index (χ4v) is 6.08. The molecule has 1 aliphatic heterocycles. The molecule has 1 unspecified atom stereocenters. The SMILES string of the molecule is CC1CCCN(S(=O)(=O)c2cccc(C(=O)CN(Cc3cccc(Cl)c3)c3ccccn3)c2)C1. The zero-order chi connectivity index (χ0) is 24.1. The van der Waals surface area contributed by atoms with Crippen molar-refractivity contribution >= 4 is 33.2 Å². The first-order valence-electron chi connectivity index (χ1n) is 11.4. The molecule has 1 atom stereocenters. The number of pyridine rings is 1. The van der Waals surface area contributed by atoms with E-state index in [4.69, 9.17) is 11.6 Å². The van der Waals surface area contributed by atoms with Crippen molar-refractivity contribution in [2.24, 2.45) is 5.92 Å². The van der Waals surface area contributed by atoms with E-state index in [0.717, 1.165) is 18.4 Å². The number of piperidine rings is 1. The maximum absolute atomic E-state index is 13.3. The minimum atomic E-state index is -3.64. The Balaban J connectivity index is 1.57. The number of hydrogen-bond donors (Lipinski definition) is 0. The zero-order valence-electron chi connectivity index (χ0n) is 19.1. The van der Waals surface area contributed by atoms with Crippen LogP contribution < -0.4 is 4.90 Å². The van der Waals surface area contributed by atoms with Gasteiger partial charge in [-0.05, 0) is 60.7 Å². The van der Waals surface area contributed by atoms with Crippen molar-refractivity contribution in [3.05, 3.63) is 89.1 Å². The molecule has 0 aliphatic carbocycles. The molecule has 6 nitrogen and oxygen atoms in total. The highest BCUT2D eigenvalue weighted by Gasteiger charge is 2.29. The number of Topliss-reactive ketones (excluding diaryl/α,β-unsaturated/α-hetero) is 1. The molecule has 0 radical (unpaired) electrons. The Kier molecular flexibility index (Phi) is 7.66. The molecule has 34 heavy (non-hydrogen) atoms. The van der Waals surface area contributed by atoms with Crippen LogP contribution in [-0.2, 0) is 16.6 Å². The molecular formula is C26H28ClN3O3S. The van der Waals surface area contributed by atoms with Crippen molar-refractivity contribution in [3.8, 4) is 0 Å². The zero-order valence-corrected chi connectivity index (χ0v) is 20.7. The van der Waals surface area contributed by atoms with Crippen LogP contribution in [0.15, 0.2) is 77.8 Å². The van der Waals surface area contributed by atoms with Crippen LogP contribution in [0.2, 0.25) is 5.02 Å². The van der Waals surface area contributed by atoms with Gasteiger partial charge in [-0.1, -0.05) is 48.9 Å². The number of ketones is 1. The molecule has 0 spiro atoms. The largest absolute Gasteiger partial charge is 0.345 e. The van der Waals surface area contributed by atoms with Gasteiger partial charge in [-0.15, -0.1) is 0 Å². The maximum Gasteiger partial charge on any atom is 0.243 e. The summed E-state index contributed by atoms with van der Waals surface area (Å²) in [4.78, 5) is 19.7. The van der Waals surface area contributed by atoms with Crippen molar-refractivity contribution in [1.82, 2.24) is 9.29 Å². The summed E-state index contributed by atoms with van der Waals surface area (Å²) in [6.07, 6.45) is 3.56. The molecule has 0 bridgehead atoms. The maximum atomic E-state index is 13.3. The van der Waals surface area contributed by atoms with Gasteiger partial charge in [0.15, 0.2) is 5.78 Å². The quantitative estimate of drug-likeness (QED) is 0.407. The van der Waals surface area contributed by atoms with Crippen LogP contribution in [0, 0.1) is 5.92 Å². The predicted octanol–water partition coefficient (Wildman–Crippen LogP) is 5.05. The molecule has 0 amide bonds. The summed E-state index contributed by atoms with van der Waals surface area (Å²) in [5, 5.41) is 0.620. The number of carbonyl (C=O) groups excluding carboxylic acids is 1. The van der Waals surface area contributed by atoms with E-state index in [-0.39, 0.29) is 17.2 Å². The third kappa shape index (κ3) is 5.84. The Hall–Kier alpha value is -2.74. The number of sulfonamides is 1. The van der Waals surface area contributed by atoms with Gasteiger partial charge < -0.3 is 4.90 Å². The van der Waals surface area contributed by atoms with Gasteiger partial charge in [-0.3, -0.25) is 4.79 Å². The molecule has 2 aromatic carbocycles. The highest BCUT2D eigenvalue weighted by atomic mass is 35.5. The Morgan fingerprint density at radius 3 is 2.68 bits per heavy atom. The average molecular weight is 498 g/mol. The molecular weight excluding hydrogens is 470 g/mol. The molecule has 0 N–H and O–H groups in total. The summed E-state index contributed by atoms with van der Waals surface area (Å²) in [5.74, 6) is 0.797. The standard InChI is InChI=1S/C26H28ClN3O3S/c1-20-7-6-14-30(17-20)34(32,33)24-11-5-9-22(16-24)25(31)19-29(26-12-2-3-13-28-26)18-21-8-4-10-23(27)15-21/h2-5,8-13,15-16,20H,6-7,14,17-19H2,1H3. The molecule has 3 aromatic rings. The smallest absolute Gasteiger partial charge is 0.243 e. The van der Waals surface area contributed by atoms with Crippen LogP contribution in [0.4, 0.5) is 5.82 Å². The summed E-state index contributed by atoms with van der Waals surface area (Å²) in [6, 6.07) is 19.3. The summed E-state index contributed by atoms with van der Waals surface area (Å²) in [6.45, 7) is 3.57. The number of anilines is 1. The highest BCUT2D eigenvalue weighted by molar-refractivity contribution is 7.89. The van der Waals surface area contributed by atoms with E-state index in [9.17, 15) is 13.2 Å². The lowest BCUT2D eigenvalue weighted by Gasteiger charge is -2.30. The van der Waals surface area contributed by atoms with E-state index in [0.29, 0.717) is 42.0 Å². The van der Waals surface area contributed by atoms with Crippen LogP contribution in [0.5, 0.6) is 0 Å². The highest BCUT2D eigenvalue weighted by Crippen LogP contribution is 2.24. The summed E-state index contributed by atoms with van der Waals surface area (Å²) in [7, 11) is -3.64. The first kappa shape index (κ1) is 24.4.